The van der Waals surface area contributed by atoms with Crippen LogP contribution in [-0.2, 0) is 17.6 Å². The molecule has 0 spiro atoms. The first kappa shape index (κ1) is 19.8. The molecule has 0 aromatic heterocycles. The maximum absolute atomic E-state index is 12.9. The Morgan fingerprint density at radius 3 is 2.42 bits per heavy atom. The molecule has 8 heteroatoms. The number of carboxylic acid groups (broad SMARTS) is 1. The molecule has 26 heavy (non-hydrogen) atoms. The lowest BCUT2D eigenvalue weighted by molar-refractivity contribution is -0.138. The van der Waals surface area contributed by atoms with Crippen LogP contribution in [0.1, 0.15) is 29.0 Å². The van der Waals surface area contributed by atoms with Gasteiger partial charge >= 0.3 is 12.1 Å². The predicted octanol–water partition coefficient (Wildman–Crippen LogP) is 5.15. The average molecular weight is 386 g/mol. The van der Waals surface area contributed by atoms with Crippen LogP contribution in [-0.4, -0.2) is 17.3 Å². The van der Waals surface area contributed by atoms with E-state index < -0.39 is 23.6 Å². The minimum absolute atomic E-state index is 0.0806. The Morgan fingerprint density at radius 1 is 1.23 bits per heavy atom. The molecular formula is C18H15ClF3NO3. The third-order valence-electron chi connectivity index (χ3n) is 3.65. The third-order valence-corrected chi connectivity index (χ3v) is 3.98. The fourth-order valence-corrected chi connectivity index (χ4v) is 2.54. The topological polar surface area (TPSA) is 70.4 Å². The Bertz CT molecular complexity index is 791. The minimum atomic E-state index is -4.54. The summed E-state index contributed by atoms with van der Waals surface area (Å²) in [6.07, 6.45) is -3.69. The molecule has 0 aliphatic carbocycles. The molecule has 1 atom stereocenters. The van der Waals surface area contributed by atoms with Crippen LogP contribution in [0, 0.1) is 5.41 Å². The molecule has 2 aromatic carbocycles. The summed E-state index contributed by atoms with van der Waals surface area (Å²) in [5.41, 5.74) is 0.0350. The normalized spacial score (nSPS) is 12.5. The van der Waals surface area contributed by atoms with Crippen molar-refractivity contribution in [2.24, 2.45) is 0 Å². The second-order valence-corrected chi connectivity index (χ2v) is 5.95. The lowest BCUT2D eigenvalue weighted by Gasteiger charge is -2.13. The Morgan fingerprint density at radius 2 is 1.88 bits per heavy atom. The van der Waals surface area contributed by atoms with Crippen molar-refractivity contribution >= 4 is 23.8 Å². The molecule has 2 rings (SSSR count). The summed E-state index contributed by atoms with van der Waals surface area (Å²) >= 11 is 5.57. The van der Waals surface area contributed by atoms with Crippen molar-refractivity contribution < 1.29 is 27.8 Å². The van der Waals surface area contributed by atoms with Gasteiger partial charge in [-0.3, -0.25) is 4.79 Å². The second kappa shape index (κ2) is 8.23. The number of carboxylic acids is 1. The van der Waals surface area contributed by atoms with E-state index in [1.165, 1.54) is 12.1 Å². The molecule has 0 saturated carbocycles. The Kier molecular flexibility index (Phi) is 6.26. The molecule has 0 heterocycles. The smallest absolute Gasteiger partial charge is 0.417 e. The van der Waals surface area contributed by atoms with Crippen LogP contribution in [0.15, 0.2) is 42.5 Å². The summed E-state index contributed by atoms with van der Waals surface area (Å²) in [7, 11) is 0. The number of aliphatic carboxylic acids is 1. The first-order valence-electron chi connectivity index (χ1n) is 7.51. The van der Waals surface area contributed by atoms with Crippen molar-refractivity contribution in [1.29, 1.82) is 5.41 Å². The van der Waals surface area contributed by atoms with Crippen LogP contribution in [0.4, 0.5) is 13.2 Å². The highest BCUT2D eigenvalue weighted by molar-refractivity contribution is 6.31. The summed E-state index contributed by atoms with van der Waals surface area (Å²) in [5, 5.41) is 15.8. The van der Waals surface area contributed by atoms with Crippen LogP contribution in [0.3, 0.4) is 0 Å². The Balaban J connectivity index is 2.06. The van der Waals surface area contributed by atoms with E-state index in [0.717, 1.165) is 12.3 Å². The first-order valence-corrected chi connectivity index (χ1v) is 7.89. The number of alkyl halides is 3. The standard InChI is InChI=1S/C18H15ClF3NO3/c19-16-6-1-11(7-15(16)18(20,21)22)10-26-14-4-2-12(3-5-14)13(9-23)8-17(24)25/h1-7,9,13,23H,8,10H2,(H,24,25). The molecule has 2 N–H and O–H groups in total. The minimum Gasteiger partial charge on any atom is -0.489 e. The number of halogens is 4. The van der Waals surface area contributed by atoms with Crippen molar-refractivity contribution in [2.75, 3.05) is 0 Å². The van der Waals surface area contributed by atoms with Gasteiger partial charge in [0.05, 0.1) is 17.0 Å². The zero-order valence-corrected chi connectivity index (χ0v) is 14.1. The molecule has 0 aliphatic rings. The van der Waals surface area contributed by atoms with E-state index in [2.05, 4.69) is 0 Å². The van der Waals surface area contributed by atoms with Gasteiger partial charge in [-0.25, -0.2) is 0 Å². The van der Waals surface area contributed by atoms with Crippen LogP contribution in [0.2, 0.25) is 5.02 Å². The van der Waals surface area contributed by atoms with Gasteiger partial charge in [0.25, 0.3) is 0 Å². The van der Waals surface area contributed by atoms with Crippen LogP contribution >= 0.6 is 11.6 Å². The second-order valence-electron chi connectivity index (χ2n) is 5.54. The van der Waals surface area contributed by atoms with E-state index >= 15 is 0 Å². The monoisotopic (exact) mass is 385 g/mol. The summed E-state index contributed by atoms with van der Waals surface area (Å²) in [6, 6.07) is 9.96. The molecule has 138 valence electrons. The highest BCUT2D eigenvalue weighted by Crippen LogP contribution is 2.35. The molecule has 0 saturated heterocycles. The van der Waals surface area contributed by atoms with Gasteiger partial charge in [-0.15, -0.1) is 0 Å². The number of ether oxygens (including phenoxy) is 1. The SMILES string of the molecule is N=CC(CC(=O)O)c1ccc(OCc2ccc(Cl)c(C(F)(F)F)c2)cc1. The van der Waals surface area contributed by atoms with E-state index in [1.54, 1.807) is 24.3 Å². The largest absolute Gasteiger partial charge is 0.489 e. The molecule has 2 aromatic rings. The Hall–Kier alpha value is -2.54. The molecule has 4 nitrogen and oxygen atoms in total. The lowest BCUT2D eigenvalue weighted by atomic mass is 9.97. The van der Waals surface area contributed by atoms with Gasteiger partial charge < -0.3 is 15.3 Å². The number of benzene rings is 2. The number of nitrogens with one attached hydrogen (secondary N) is 1. The Labute approximate surface area is 152 Å². The highest BCUT2D eigenvalue weighted by Gasteiger charge is 2.33. The van der Waals surface area contributed by atoms with Crippen LogP contribution in [0.25, 0.3) is 0 Å². The maximum atomic E-state index is 12.9. The van der Waals surface area contributed by atoms with Crippen molar-refractivity contribution in [3.8, 4) is 5.75 Å². The van der Waals surface area contributed by atoms with Crippen molar-refractivity contribution in [3.05, 3.63) is 64.2 Å². The van der Waals surface area contributed by atoms with Gasteiger partial charge in [0, 0.05) is 12.1 Å². The quantitative estimate of drug-likeness (QED) is 0.648. The zero-order valence-electron chi connectivity index (χ0n) is 13.4. The summed E-state index contributed by atoms with van der Waals surface area (Å²) in [6.45, 7) is -0.0806. The fraction of sp³-hybridized carbons (Fsp3) is 0.222. The van der Waals surface area contributed by atoms with Gasteiger partial charge in [0.15, 0.2) is 0 Å². The molecule has 0 radical (unpaired) electrons. The number of hydrogen-bond donors (Lipinski definition) is 2. The van der Waals surface area contributed by atoms with Crippen molar-refractivity contribution in [3.63, 3.8) is 0 Å². The molecule has 0 bridgehead atoms. The number of hydrogen-bond acceptors (Lipinski definition) is 3. The lowest BCUT2D eigenvalue weighted by Crippen LogP contribution is -2.08. The molecule has 0 amide bonds. The fourth-order valence-electron chi connectivity index (χ4n) is 2.32. The molecular weight excluding hydrogens is 371 g/mol. The van der Waals surface area contributed by atoms with Gasteiger partial charge in [0.1, 0.15) is 12.4 Å². The van der Waals surface area contributed by atoms with Crippen LogP contribution in [0.5, 0.6) is 5.75 Å². The van der Waals surface area contributed by atoms with Gasteiger partial charge in [-0.05, 0) is 35.4 Å². The summed E-state index contributed by atoms with van der Waals surface area (Å²) in [4.78, 5) is 10.8. The molecule has 0 fully saturated rings. The highest BCUT2D eigenvalue weighted by atomic mass is 35.5. The van der Waals surface area contributed by atoms with E-state index in [4.69, 9.17) is 26.9 Å². The van der Waals surface area contributed by atoms with E-state index in [0.29, 0.717) is 16.9 Å². The molecule has 1 unspecified atom stereocenters. The van der Waals surface area contributed by atoms with Crippen LogP contribution < -0.4 is 4.74 Å². The van der Waals surface area contributed by atoms with Gasteiger partial charge in [0.2, 0.25) is 0 Å². The number of carbonyl (C=O) groups is 1. The third kappa shape index (κ3) is 5.23. The summed E-state index contributed by atoms with van der Waals surface area (Å²) < 4.78 is 44.0. The van der Waals surface area contributed by atoms with E-state index in [9.17, 15) is 18.0 Å². The number of rotatable bonds is 7. The van der Waals surface area contributed by atoms with Gasteiger partial charge in [-0.1, -0.05) is 29.8 Å². The van der Waals surface area contributed by atoms with Gasteiger partial charge in [-0.2, -0.15) is 13.2 Å². The van der Waals surface area contributed by atoms with Crippen molar-refractivity contribution in [2.45, 2.75) is 25.1 Å². The maximum Gasteiger partial charge on any atom is 0.417 e. The summed E-state index contributed by atoms with van der Waals surface area (Å²) in [5.74, 6) is -1.15. The zero-order chi connectivity index (χ0) is 19.3. The molecule has 0 aliphatic heterocycles. The predicted molar refractivity (Wildman–Crippen MR) is 91.0 cm³/mol. The first-order chi connectivity index (χ1) is 12.2. The van der Waals surface area contributed by atoms with Crippen molar-refractivity contribution in [1.82, 2.24) is 0 Å². The van der Waals surface area contributed by atoms with E-state index in [1.807, 2.05) is 0 Å². The average Bonchev–Trinajstić information content (AvgIpc) is 2.58. The van der Waals surface area contributed by atoms with E-state index in [-0.39, 0.29) is 18.1 Å².